The van der Waals surface area contributed by atoms with Crippen molar-refractivity contribution in [2.24, 2.45) is 0 Å². The maximum atomic E-state index is 11.5. The summed E-state index contributed by atoms with van der Waals surface area (Å²) >= 11 is 0. The second-order valence-electron chi connectivity index (χ2n) is 5.46. The second kappa shape index (κ2) is 12.9. The number of carbonyl (C=O) groups is 1. The van der Waals surface area contributed by atoms with Gasteiger partial charge in [-0.25, -0.2) is 0 Å². The van der Waals surface area contributed by atoms with Crippen LogP contribution in [0.1, 0.15) is 91.4 Å². The molecule has 0 heterocycles. The first-order chi connectivity index (χ1) is 8.70. The van der Waals surface area contributed by atoms with E-state index in [2.05, 4.69) is 26.1 Å². The molecule has 2 heteroatoms. The summed E-state index contributed by atoms with van der Waals surface area (Å²) < 4.78 is 0. The minimum atomic E-state index is 0.229. The highest BCUT2D eigenvalue weighted by molar-refractivity contribution is 5.76. The van der Waals surface area contributed by atoms with Crippen molar-refractivity contribution in [1.82, 2.24) is 5.32 Å². The van der Waals surface area contributed by atoms with Gasteiger partial charge in [-0.3, -0.25) is 4.79 Å². The van der Waals surface area contributed by atoms with E-state index in [1.54, 1.807) is 0 Å². The van der Waals surface area contributed by atoms with Crippen molar-refractivity contribution in [2.45, 2.75) is 97.4 Å². The van der Waals surface area contributed by atoms with Gasteiger partial charge in [-0.15, -0.1) is 0 Å². The number of hydrogen-bond acceptors (Lipinski definition) is 1. The highest BCUT2D eigenvalue weighted by Gasteiger charge is 2.04. The number of carbonyl (C=O) groups excluding carboxylic acids is 1. The van der Waals surface area contributed by atoms with Crippen molar-refractivity contribution in [1.29, 1.82) is 0 Å². The van der Waals surface area contributed by atoms with Gasteiger partial charge in [0, 0.05) is 12.5 Å². The van der Waals surface area contributed by atoms with Crippen LogP contribution < -0.4 is 5.32 Å². The van der Waals surface area contributed by atoms with Gasteiger partial charge >= 0.3 is 0 Å². The third-order valence-corrected chi connectivity index (χ3v) is 3.53. The van der Waals surface area contributed by atoms with Gasteiger partial charge in [0.2, 0.25) is 5.91 Å². The largest absolute Gasteiger partial charge is 0.354 e. The molecule has 1 atom stereocenters. The van der Waals surface area contributed by atoms with Gasteiger partial charge in [-0.1, -0.05) is 65.2 Å². The van der Waals surface area contributed by atoms with Crippen LogP contribution >= 0.6 is 0 Å². The van der Waals surface area contributed by atoms with Crippen LogP contribution in [0.25, 0.3) is 0 Å². The van der Waals surface area contributed by atoms with Crippen molar-refractivity contribution in [3.8, 4) is 0 Å². The molecule has 18 heavy (non-hydrogen) atoms. The molecule has 0 saturated carbocycles. The van der Waals surface area contributed by atoms with Crippen molar-refractivity contribution in [3.63, 3.8) is 0 Å². The Kier molecular flexibility index (Phi) is 12.5. The summed E-state index contributed by atoms with van der Waals surface area (Å²) in [6.07, 6.45) is 13.5. The van der Waals surface area contributed by atoms with Gasteiger partial charge in [0.05, 0.1) is 0 Å². The molecular weight excluding hydrogens is 222 g/mol. The average Bonchev–Trinajstić information content (AvgIpc) is 2.36. The fourth-order valence-corrected chi connectivity index (χ4v) is 2.05. The highest BCUT2D eigenvalue weighted by atomic mass is 16.1. The van der Waals surface area contributed by atoms with Crippen LogP contribution in [0.4, 0.5) is 0 Å². The standard InChI is InChI=1S/C16H33NO/c1-4-6-7-8-9-10-11-12-13-14-16(18)17-15(3)5-2/h15H,4-14H2,1-3H3,(H,17,18). The van der Waals surface area contributed by atoms with E-state index in [9.17, 15) is 4.79 Å². The quantitative estimate of drug-likeness (QED) is 0.498. The lowest BCUT2D eigenvalue weighted by molar-refractivity contribution is -0.121. The number of unbranched alkanes of at least 4 members (excludes halogenated alkanes) is 8. The molecule has 1 unspecified atom stereocenters. The molecule has 0 aliphatic rings. The zero-order valence-corrected chi connectivity index (χ0v) is 12.8. The van der Waals surface area contributed by atoms with E-state index in [0.29, 0.717) is 12.5 Å². The molecule has 0 aromatic carbocycles. The first-order valence-electron chi connectivity index (χ1n) is 8.00. The van der Waals surface area contributed by atoms with Crippen molar-refractivity contribution in [2.75, 3.05) is 0 Å². The van der Waals surface area contributed by atoms with Crippen molar-refractivity contribution in [3.05, 3.63) is 0 Å². The molecule has 1 N–H and O–H groups in total. The number of nitrogens with one attached hydrogen (secondary N) is 1. The van der Waals surface area contributed by atoms with Gasteiger partial charge < -0.3 is 5.32 Å². The van der Waals surface area contributed by atoms with Crippen LogP contribution in [0.2, 0.25) is 0 Å². The van der Waals surface area contributed by atoms with Crippen LogP contribution in [0.5, 0.6) is 0 Å². The van der Waals surface area contributed by atoms with E-state index in [4.69, 9.17) is 0 Å². The van der Waals surface area contributed by atoms with Crippen LogP contribution in [0.3, 0.4) is 0 Å². The first kappa shape index (κ1) is 17.5. The van der Waals surface area contributed by atoms with Crippen LogP contribution in [-0.2, 0) is 4.79 Å². The van der Waals surface area contributed by atoms with Crippen LogP contribution in [-0.4, -0.2) is 11.9 Å². The van der Waals surface area contributed by atoms with E-state index >= 15 is 0 Å². The smallest absolute Gasteiger partial charge is 0.220 e. The lowest BCUT2D eigenvalue weighted by Crippen LogP contribution is -2.31. The molecule has 0 aromatic rings. The Hall–Kier alpha value is -0.530. The monoisotopic (exact) mass is 255 g/mol. The van der Waals surface area contributed by atoms with Crippen LogP contribution in [0.15, 0.2) is 0 Å². The molecular formula is C16H33NO. The van der Waals surface area contributed by atoms with Gasteiger partial charge in [0.25, 0.3) is 0 Å². The topological polar surface area (TPSA) is 29.1 Å². The van der Waals surface area contributed by atoms with E-state index in [0.717, 1.165) is 12.8 Å². The zero-order valence-electron chi connectivity index (χ0n) is 12.8. The molecule has 0 bridgehead atoms. The lowest BCUT2D eigenvalue weighted by atomic mass is 10.1. The fourth-order valence-electron chi connectivity index (χ4n) is 2.05. The molecule has 0 aliphatic heterocycles. The molecule has 2 nitrogen and oxygen atoms in total. The minimum Gasteiger partial charge on any atom is -0.354 e. The maximum absolute atomic E-state index is 11.5. The summed E-state index contributed by atoms with van der Waals surface area (Å²) in [5, 5.41) is 3.02. The summed E-state index contributed by atoms with van der Waals surface area (Å²) in [6.45, 7) is 6.42. The number of hydrogen-bond donors (Lipinski definition) is 1. The highest BCUT2D eigenvalue weighted by Crippen LogP contribution is 2.10. The van der Waals surface area contributed by atoms with Crippen molar-refractivity contribution >= 4 is 5.91 Å². The maximum Gasteiger partial charge on any atom is 0.220 e. The van der Waals surface area contributed by atoms with Gasteiger partial charge in [-0.05, 0) is 19.8 Å². The van der Waals surface area contributed by atoms with E-state index in [1.165, 1.54) is 51.4 Å². The number of rotatable bonds is 12. The summed E-state index contributed by atoms with van der Waals surface area (Å²) in [4.78, 5) is 11.5. The van der Waals surface area contributed by atoms with E-state index in [-0.39, 0.29) is 5.91 Å². The SMILES string of the molecule is CCCCCCCCCCCC(=O)NC(C)CC. The van der Waals surface area contributed by atoms with Gasteiger partial charge in [0.1, 0.15) is 0 Å². The predicted octanol–water partition coefficient (Wildman–Crippen LogP) is 4.82. The molecule has 0 rings (SSSR count). The van der Waals surface area contributed by atoms with Gasteiger partial charge in [-0.2, -0.15) is 0 Å². The normalized spacial score (nSPS) is 12.4. The predicted molar refractivity (Wildman–Crippen MR) is 79.7 cm³/mol. The van der Waals surface area contributed by atoms with Crippen molar-refractivity contribution < 1.29 is 4.79 Å². The van der Waals surface area contributed by atoms with E-state index < -0.39 is 0 Å². The Morgan fingerprint density at radius 2 is 1.39 bits per heavy atom. The Labute approximate surface area is 114 Å². The summed E-state index contributed by atoms with van der Waals surface area (Å²) in [6, 6.07) is 0.330. The molecule has 1 amide bonds. The molecule has 0 aromatic heterocycles. The molecule has 108 valence electrons. The van der Waals surface area contributed by atoms with Gasteiger partial charge in [0.15, 0.2) is 0 Å². The Bertz CT molecular complexity index is 192. The van der Waals surface area contributed by atoms with Crippen LogP contribution in [0, 0.1) is 0 Å². The summed E-state index contributed by atoms with van der Waals surface area (Å²) in [7, 11) is 0. The molecule has 0 radical (unpaired) electrons. The van der Waals surface area contributed by atoms with E-state index in [1.807, 2.05) is 0 Å². The Balaban J connectivity index is 3.17. The lowest BCUT2D eigenvalue weighted by Gasteiger charge is -2.10. The Morgan fingerprint density at radius 1 is 0.889 bits per heavy atom. The third-order valence-electron chi connectivity index (χ3n) is 3.53. The molecule has 0 saturated heterocycles. The molecule has 0 aliphatic carbocycles. The Morgan fingerprint density at radius 3 is 1.89 bits per heavy atom. The summed E-state index contributed by atoms with van der Waals surface area (Å²) in [5.41, 5.74) is 0. The minimum absolute atomic E-state index is 0.229. The summed E-state index contributed by atoms with van der Waals surface area (Å²) in [5.74, 6) is 0.229. The zero-order chi connectivity index (χ0) is 13.6. The number of amides is 1. The molecule has 0 spiro atoms. The first-order valence-corrected chi connectivity index (χ1v) is 8.00. The fraction of sp³-hybridized carbons (Fsp3) is 0.938. The second-order valence-corrected chi connectivity index (χ2v) is 5.46. The molecule has 0 fully saturated rings. The third kappa shape index (κ3) is 11.9. The average molecular weight is 255 g/mol.